The zero-order valence-corrected chi connectivity index (χ0v) is 16.7. The average Bonchev–Trinajstić information content (AvgIpc) is 2.75. The Kier molecular flexibility index (Phi) is 4.47. The van der Waals surface area contributed by atoms with Crippen LogP contribution in [-0.2, 0) is 6.42 Å². The maximum atomic E-state index is 6.58. The zero-order chi connectivity index (χ0) is 18.9. The number of rotatable bonds is 3. The molecule has 0 radical (unpaired) electrons. The third-order valence-corrected chi connectivity index (χ3v) is 7.69. The van der Waals surface area contributed by atoms with Gasteiger partial charge in [-0.15, -0.1) is 0 Å². The van der Waals surface area contributed by atoms with E-state index >= 15 is 0 Å². The summed E-state index contributed by atoms with van der Waals surface area (Å²) in [4.78, 5) is 0. The molecule has 1 aliphatic heterocycles. The summed E-state index contributed by atoms with van der Waals surface area (Å²) in [7, 11) is -0.685. The van der Waals surface area contributed by atoms with E-state index in [1.54, 1.807) is 0 Å². The molecule has 0 spiro atoms. The van der Waals surface area contributed by atoms with Crippen LogP contribution >= 0.6 is 7.92 Å². The molecular weight excluding hydrogens is 359 g/mol. The van der Waals surface area contributed by atoms with Crippen molar-refractivity contribution in [2.45, 2.75) is 13.3 Å². The molecule has 1 heterocycles. The van der Waals surface area contributed by atoms with E-state index in [0.29, 0.717) is 0 Å². The second kappa shape index (κ2) is 7.26. The van der Waals surface area contributed by atoms with E-state index in [0.717, 1.165) is 17.9 Å². The maximum Gasteiger partial charge on any atom is 0.139 e. The summed E-state index contributed by atoms with van der Waals surface area (Å²) in [6, 6.07) is 34.7. The smallest absolute Gasteiger partial charge is 0.139 e. The van der Waals surface area contributed by atoms with Crippen molar-refractivity contribution in [3.8, 4) is 11.5 Å². The lowest BCUT2D eigenvalue weighted by Crippen LogP contribution is -2.23. The Morgan fingerprint density at radius 2 is 1.18 bits per heavy atom. The molecule has 0 aliphatic carbocycles. The minimum atomic E-state index is -0.685. The van der Waals surface area contributed by atoms with Gasteiger partial charge in [0.05, 0.1) is 0 Å². The predicted molar refractivity (Wildman–Crippen MR) is 119 cm³/mol. The monoisotopic (exact) mass is 380 g/mol. The molecule has 28 heavy (non-hydrogen) atoms. The van der Waals surface area contributed by atoms with Crippen LogP contribution in [0.25, 0.3) is 0 Å². The highest BCUT2D eigenvalue weighted by molar-refractivity contribution is 7.80. The Balaban J connectivity index is 1.69. The largest absolute Gasteiger partial charge is 0.456 e. The van der Waals surface area contributed by atoms with Crippen LogP contribution in [0.1, 0.15) is 16.7 Å². The van der Waals surface area contributed by atoms with Crippen molar-refractivity contribution in [3.05, 3.63) is 114 Å². The topological polar surface area (TPSA) is 9.23 Å². The third kappa shape index (κ3) is 3.03. The summed E-state index contributed by atoms with van der Waals surface area (Å²) in [5.41, 5.74) is 3.74. The van der Waals surface area contributed by atoms with Gasteiger partial charge in [-0.1, -0.05) is 97.1 Å². The Morgan fingerprint density at radius 1 is 0.607 bits per heavy atom. The first kappa shape index (κ1) is 17.2. The van der Waals surface area contributed by atoms with Crippen molar-refractivity contribution >= 4 is 23.8 Å². The molecule has 0 N–H and O–H groups in total. The van der Waals surface area contributed by atoms with Crippen LogP contribution in [0.2, 0.25) is 0 Å². The van der Waals surface area contributed by atoms with Crippen molar-refractivity contribution in [2.75, 3.05) is 0 Å². The van der Waals surface area contributed by atoms with Crippen LogP contribution in [0.5, 0.6) is 11.5 Å². The Hall–Kier alpha value is -2.89. The lowest BCUT2D eigenvalue weighted by molar-refractivity contribution is 0.460. The quantitative estimate of drug-likeness (QED) is 0.378. The molecule has 1 nitrogen and oxygen atoms in total. The van der Waals surface area contributed by atoms with Gasteiger partial charge in [0.25, 0.3) is 0 Å². The fourth-order valence-corrected chi connectivity index (χ4v) is 6.31. The number of para-hydroxylation sites is 2. The van der Waals surface area contributed by atoms with Gasteiger partial charge >= 0.3 is 0 Å². The first-order chi connectivity index (χ1) is 13.8. The van der Waals surface area contributed by atoms with Gasteiger partial charge in [-0.2, -0.15) is 0 Å². The molecule has 2 heteroatoms. The molecule has 5 rings (SSSR count). The van der Waals surface area contributed by atoms with Gasteiger partial charge < -0.3 is 4.74 Å². The highest BCUT2D eigenvalue weighted by Gasteiger charge is 2.26. The van der Waals surface area contributed by atoms with Gasteiger partial charge in [-0.25, -0.2) is 0 Å². The molecule has 1 aliphatic rings. The number of benzene rings is 4. The second-order valence-corrected chi connectivity index (χ2v) is 9.30. The van der Waals surface area contributed by atoms with Gasteiger partial charge in [0.2, 0.25) is 0 Å². The second-order valence-electron chi connectivity index (χ2n) is 7.11. The van der Waals surface area contributed by atoms with Crippen molar-refractivity contribution < 1.29 is 4.74 Å². The van der Waals surface area contributed by atoms with E-state index in [1.807, 2.05) is 0 Å². The molecular formula is C26H21OP. The summed E-state index contributed by atoms with van der Waals surface area (Å²) in [5, 5.41) is 3.98. The minimum absolute atomic E-state index is 0.685. The molecule has 4 aromatic carbocycles. The highest BCUT2D eigenvalue weighted by Crippen LogP contribution is 2.43. The van der Waals surface area contributed by atoms with Crippen LogP contribution in [0.4, 0.5) is 0 Å². The Labute approximate surface area is 167 Å². The molecule has 0 atom stereocenters. The molecule has 0 amide bonds. The van der Waals surface area contributed by atoms with Gasteiger partial charge in [0, 0.05) is 11.7 Å². The van der Waals surface area contributed by atoms with E-state index in [2.05, 4.69) is 104 Å². The van der Waals surface area contributed by atoms with Crippen molar-refractivity contribution in [1.82, 2.24) is 0 Å². The van der Waals surface area contributed by atoms with Gasteiger partial charge in [-0.3, -0.25) is 0 Å². The lowest BCUT2D eigenvalue weighted by atomic mass is 9.98. The SMILES string of the molecule is Cc1cccc2c1Oc1c(cccc1P(c1ccccc1)c1ccccc1)C2. The predicted octanol–water partition coefficient (Wildman–Crippen LogP) is 5.45. The van der Waals surface area contributed by atoms with Crippen LogP contribution in [0, 0.1) is 6.92 Å². The normalized spacial score (nSPS) is 12.2. The molecule has 0 saturated carbocycles. The fraction of sp³-hybridized carbons (Fsp3) is 0.0769. The summed E-state index contributed by atoms with van der Waals surface area (Å²) in [6.45, 7) is 2.13. The summed E-state index contributed by atoms with van der Waals surface area (Å²) in [6.07, 6.45) is 0.924. The number of hydrogen-bond donors (Lipinski definition) is 0. The molecule has 0 bridgehead atoms. The van der Waals surface area contributed by atoms with Crippen LogP contribution in [0.15, 0.2) is 97.1 Å². The molecule has 4 aromatic rings. The number of hydrogen-bond acceptors (Lipinski definition) is 1. The van der Waals surface area contributed by atoms with Gasteiger partial charge in [0.1, 0.15) is 11.5 Å². The van der Waals surface area contributed by atoms with Crippen LogP contribution in [0.3, 0.4) is 0 Å². The summed E-state index contributed by atoms with van der Waals surface area (Å²) < 4.78 is 6.58. The van der Waals surface area contributed by atoms with Gasteiger partial charge in [0.15, 0.2) is 0 Å². The first-order valence-electron chi connectivity index (χ1n) is 9.60. The fourth-order valence-electron chi connectivity index (χ4n) is 3.89. The van der Waals surface area contributed by atoms with E-state index in [-0.39, 0.29) is 0 Å². The van der Waals surface area contributed by atoms with E-state index in [1.165, 1.54) is 32.6 Å². The third-order valence-electron chi connectivity index (χ3n) is 5.22. The molecule has 0 fully saturated rings. The minimum Gasteiger partial charge on any atom is -0.456 e. The molecule has 136 valence electrons. The van der Waals surface area contributed by atoms with Gasteiger partial charge in [-0.05, 0) is 42.1 Å². The van der Waals surface area contributed by atoms with E-state index in [4.69, 9.17) is 4.74 Å². The molecule has 0 aromatic heterocycles. The highest BCUT2D eigenvalue weighted by atomic mass is 31.1. The standard InChI is InChI=1S/C26H21OP/c1-19-10-8-11-20-18-21-12-9-17-24(26(21)27-25(19)20)28(22-13-4-2-5-14-22)23-15-6-3-7-16-23/h2-17H,18H2,1H3. The summed E-state index contributed by atoms with van der Waals surface area (Å²) >= 11 is 0. The van der Waals surface area contributed by atoms with E-state index < -0.39 is 7.92 Å². The number of aryl methyl sites for hydroxylation is 1. The lowest BCUT2D eigenvalue weighted by Gasteiger charge is -2.28. The van der Waals surface area contributed by atoms with E-state index in [9.17, 15) is 0 Å². The van der Waals surface area contributed by atoms with Crippen LogP contribution in [-0.4, -0.2) is 0 Å². The average molecular weight is 380 g/mol. The molecule has 0 unspecified atom stereocenters. The van der Waals surface area contributed by atoms with Crippen LogP contribution < -0.4 is 20.7 Å². The summed E-state index contributed by atoms with van der Waals surface area (Å²) in [5.74, 6) is 2.07. The van der Waals surface area contributed by atoms with Crippen molar-refractivity contribution in [1.29, 1.82) is 0 Å². The Bertz CT molecular complexity index is 1080. The number of ether oxygens (including phenoxy) is 1. The first-order valence-corrected chi connectivity index (χ1v) is 10.9. The molecule has 0 saturated heterocycles. The van der Waals surface area contributed by atoms with Crippen molar-refractivity contribution in [3.63, 3.8) is 0 Å². The zero-order valence-electron chi connectivity index (χ0n) is 15.8. The number of fused-ring (bicyclic) bond motifs is 2. The maximum absolute atomic E-state index is 6.58. The Morgan fingerprint density at radius 3 is 1.82 bits per heavy atom. The van der Waals surface area contributed by atoms with Crippen molar-refractivity contribution in [2.24, 2.45) is 0 Å².